The summed E-state index contributed by atoms with van der Waals surface area (Å²) in [4.78, 5) is 9.59. The average Bonchev–Trinajstić information content (AvgIpc) is 2.60. The van der Waals surface area contributed by atoms with E-state index in [1.54, 1.807) is 13.3 Å². The Kier molecular flexibility index (Phi) is 6.44. The maximum absolute atomic E-state index is 13.9. The lowest BCUT2D eigenvalue weighted by Gasteiger charge is -2.32. The molecule has 0 radical (unpaired) electrons. The zero-order valence-corrected chi connectivity index (χ0v) is 16.2. The molecule has 0 aliphatic heterocycles. The van der Waals surface area contributed by atoms with Crippen LogP contribution in [-0.4, -0.2) is 41.1 Å². The molecule has 0 bridgehead atoms. The van der Waals surface area contributed by atoms with Gasteiger partial charge in [0.15, 0.2) is 5.60 Å². The molecule has 1 heterocycles. The van der Waals surface area contributed by atoms with Crippen LogP contribution in [0.25, 0.3) is 0 Å². The van der Waals surface area contributed by atoms with Gasteiger partial charge in [-0.2, -0.15) is 17.6 Å². The molecule has 0 saturated carbocycles. The molecule has 1 aromatic carbocycles. The van der Waals surface area contributed by atoms with Crippen LogP contribution in [0.2, 0.25) is 0 Å². The maximum atomic E-state index is 13.9. The van der Waals surface area contributed by atoms with Crippen molar-refractivity contribution in [2.24, 2.45) is 4.99 Å². The van der Waals surface area contributed by atoms with Crippen LogP contribution in [0.15, 0.2) is 35.3 Å². The van der Waals surface area contributed by atoms with Crippen LogP contribution in [-0.2, 0) is 12.0 Å². The molecule has 0 saturated heterocycles. The first kappa shape index (κ1) is 21.8. The fourth-order valence-corrected chi connectivity index (χ4v) is 2.79. The lowest BCUT2D eigenvalue weighted by molar-refractivity contribution is -0.266. The lowest BCUT2D eigenvalue weighted by atomic mass is 9.84. The Morgan fingerprint density at radius 1 is 1.18 bits per heavy atom. The number of pyridine rings is 1. The summed E-state index contributed by atoms with van der Waals surface area (Å²) < 4.78 is 55.0. The fourth-order valence-electron chi connectivity index (χ4n) is 2.79. The summed E-state index contributed by atoms with van der Waals surface area (Å²) in [6.45, 7) is 5.77. The van der Waals surface area contributed by atoms with E-state index in [2.05, 4.69) is 9.98 Å². The van der Waals surface area contributed by atoms with Gasteiger partial charge in [-0.05, 0) is 55.7 Å². The number of halogens is 4. The molecule has 2 rings (SSSR count). The standard InChI is InChI=1S/C20H23F4N3O/c1-5-27(4)12-25-17-10-13(2)16(9-14(17)3)19(28,20(22,23)24)11-15-7-6-8-18(21)26-15/h6-10,12,28H,5,11H2,1-4H3/b25-12+. The minimum absolute atomic E-state index is 0.191. The topological polar surface area (TPSA) is 48.7 Å². The first-order valence-corrected chi connectivity index (χ1v) is 8.74. The van der Waals surface area contributed by atoms with E-state index < -0.39 is 24.1 Å². The van der Waals surface area contributed by atoms with Gasteiger partial charge in [0.2, 0.25) is 5.95 Å². The predicted molar refractivity (Wildman–Crippen MR) is 100 cm³/mol. The zero-order chi connectivity index (χ0) is 21.1. The normalized spacial score (nSPS) is 14.3. The molecule has 1 atom stereocenters. The maximum Gasteiger partial charge on any atom is 0.421 e. The number of aryl methyl sites for hydroxylation is 2. The molecule has 1 N–H and O–H groups in total. The summed E-state index contributed by atoms with van der Waals surface area (Å²) in [5, 5.41) is 10.7. The molecule has 0 aliphatic rings. The number of aromatic nitrogens is 1. The Hall–Kier alpha value is -2.48. The van der Waals surface area contributed by atoms with Crippen LogP contribution in [0.5, 0.6) is 0 Å². The zero-order valence-electron chi connectivity index (χ0n) is 16.2. The third-order valence-electron chi connectivity index (χ3n) is 4.56. The number of aliphatic imine (C=N–C) groups is 1. The van der Waals surface area contributed by atoms with Crippen LogP contribution in [0.4, 0.5) is 23.2 Å². The SMILES string of the molecule is CCN(C)/C=N/c1cc(C)c(C(O)(Cc2cccc(F)n2)C(F)(F)F)cc1C. The minimum atomic E-state index is -4.98. The highest BCUT2D eigenvalue weighted by Crippen LogP contribution is 2.43. The number of nitrogens with zero attached hydrogens (tertiary/aromatic N) is 3. The van der Waals surface area contributed by atoms with Crippen molar-refractivity contribution in [1.29, 1.82) is 0 Å². The smallest absolute Gasteiger partial charge is 0.376 e. The summed E-state index contributed by atoms with van der Waals surface area (Å²) in [6, 6.07) is 6.32. The summed E-state index contributed by atoms with van der Waals surface area (Å²) in [7, 11) is 1.83. The minimum Gasteiger partial charge on any atom is -0.376 e. The Balaban J connectivity index is 2.52. The van der Waals surface area contributed by atoms with Gasteiger partial charge in [0.05, 0.1) is 12.0 Å². The summed E-state index contributed by atoms with van der Waals surface area (Å²) >= 11 is 0. The summed E-state index contributed by atoms with van der Waals surface area (Å²) in [6.07, 6.45) is -4.28. The molecular weight excluding hydrogens is 374 g/mol. The summed E-state index contributed by atoms with van der Waals surface area (Å²) in [5.74, 6) is -0.903. The quantitative estimate of drug-likeness (QED) is 0.339. The molecule has 0 spiro atoms. The Morgan fingerprint density at radius 2 is 1.86 bits per heavy atom. The third-order valence-corrected chi connectivity index (χ3v) is 4.56. The highest BCUT2D eigenvalue weighted by atomic mass is 19.4. The van der Waals surface area contributed by atoms with Crippen molar-refractivity contribution in [2.45, 2.75) is 39.0 Å². The third kappa shape index (κ3) is 4.67. The van der Waals surface area contributed by atoms with Gasteiger partial charge >= 0.3 is 6.18 Å². The van der Waals surface area contributed by atoms with E-state index in [0.29, 0.717) is 11.3 Å². The van der Waals surface area contributed by atoms with Crippen LogP contribution >= 0.6 is 0 Å². The predicted octanol–water partition coefficient (Wildman–Crippen LogP) is 4.44. The Bertz CT molecular complexity index is 867. The van der Waals surface area contributed by atoms with E-state index >= 15 is 0 Å². The van der Waals surface area contributed by atoms with Gasteiger partial charge in [0.25, 0.3) is 0 Å². The van der Waals surface area contributed by atoms with Gasteiger partial charge in [0.1, 0.15) is 0 Å². The van der Waals surface area contributed by atoms with Crippen molar-refractivity contribution in [3.63, 3.8) is 0 Å². The van der Waals surface area contributed by atoms with E-state index in [1.807, 2.05) is 18.9 Å². The molecule has 0 amide bonds. The largest absolute Gasteiger partial charge is 0.421 e. The lowest BCUT2D eigenvalue weighted by Crippen LogP contribution is -2.45. The molecule has 8 heteroatoms. The second-order valence-electron chi connectivity index (χ2n) is 6.76. The highest BCUT2D eigenvalue weighted by Gasteiger charge is 2.55. The average molecular weight is 397 g/mol. The molecule has 2 aromatic rings. The molecular formula is C20H23F4N3O. The number of aliphatic hydroxyl groups is 1. The molecule has 1 unspecified atom stereocenters. The highest BCUT2D eigenvalue weighted by molar-refractivity contribution is 5.64. The van der Waals surface area contributed by atoms with Gasteiger partial charge in [-0.15, -0.1) is 0 Å². The second kappa shape index (κ2) is 8.26. The number of hydrogen-bond acceptors (Lipinski definition) is 3. The number of alkyl halides is 3. The number of rotatable bonds is 6. The van der Waals surface area contributed by atoms with Gasteiger partial charge in [-0.1, -0.05) is 12.1 Å². The van der Waals surface area contributed by atoms with E-state index in [1.165, 1.54) is 31.2 Å². The van der Waals surface area contributed by atoms with Crippen LogP contribution in [0.1, 0.15) is 29.3 Å². The van der Waals surface area contributed by atoms with Crippen LogP contribution < -0.4 is 0 Å². The molecule has 0 aliphatic carbocycles. The van der Waals surface area contributed by atoms with E-state index in [4.69, 9.17) is 0 Å². The number of benzene rings is 1. The van der Waals surface area contributed by atoms with Gasteiger partial charge in [-0.25, -0.2) is 9.98 Å². The second-order valence-corrected chi connectivity index (χ2v) is 6.76. The van der Waals surface area contributed by atoms with Crippen molar-refractivity contribution < 1.29 is 22.7 Å². The van der Waals surface area contributed by atoms with Crippen LogP contribution in [0.3, 0.4) is 0 Å². The first-order valence-electron chi connectivity index (χ1n) is 8.74. The molecule has 1 aromatic heterocycles. The molecule has 4 nitrogen and oxygen atoms in total. The molecule has 28 heavy (non-hydrogen) atoms. The van der Waals surface area contributed by atoms with Gasteiger partial charge in [-0.3, -0.25) is 0 Å². The Morgan fingerprint density at radius 3 is 2.43 bits per heavy atom. The molecule has 152 valence electrons. The summed E-state index contributed by atoms with van der Waals surface area (Å²) in [5.41, 5.74) is -2.47. The van der Waals surface area contributed by atoms with E-state index in [9.17, 15) is 22.7 Å². The van der Waals surface area contributed by atoms with E-state index in [0.717, 1.165) is 12.6 Å². The number of hydrogen-bond donors (Lipinski definition) is 1. The van der Waals surface area contributed by atoms with Crippen molar-refractivity contribution in [1.82, 2.24) is 9.88 Å². The van der Waals surface area contributed by atoms with E-state index in [-0.39, 0.29) is 16.8 Å². The van der Waals surface area contributed by atoms with Crippen molar-refractivity contribution >= 4 is 12.0 Å². The fraction of sp³-hybridized carbons (Fsp3) is 0.400. The van der Waals surface area contributed by atoms with Gasteiger partial charge in [0, 0.05) is 25.7 Å². The first-order chi connectivity index (χ1) is 13.0. The monoisotopic (exact) mass is 397 g/mol. The molecule has 0 fully saturated rings. The van der Waals surface area contributed by atoms with Crippen LogP contribution in [0, 0.1) is 19.8 Å². The van der Waals surface area contributed by atoms with Crippen molar-refractivity contribution in [3.05, 3.63) is 58.7 Å². The van der Waals surface area contributed by atoms with Crippen molar-refractivity contribution in [3.8, 4) is 0 Å². The Labute approximate surface area is 161 Å². The van der Waals surface area contributed by atoms with Crippen molar-refractivity contribution in [2.75, 3.05) is 13.6 Å². The van der Waals surface area contributed by atoms with Gasteiger partial charge < -0.3 is 10.0 Å².